The fourth-order valence-electron chi connectivity index (χ4n) is 3.05. The van der Waals surface area contributed by atoms with E-state index in [1.54, 1.807) is 28.9 Å². The van der Waals surface area contributed by atoms with E-state index in [9.17, 15) is 9.59 Å². The molecule has 1 unspecified atom stereocenters. The number of hydrogen-bond acceptors (Lipinski definition) is 3. The van der Waals surface area contributed by atoms with Crippen molar-refractivity contribution in [3.8, 4) is 5.75 Å². The number of aryl methyl sites for hydroxylation is 1. The summed E-state index contributed by atoms with van der Waals surface area (Å²) in [5, 5.41) is 0.477. The van der Waals surface area contributed by atoms with Crippen LogP contribution in [0.4, 0.5) is 0 Å². The Bertz CT molecular complexity index is 814. The minimum absolute atomic E-state index is 0.00228. The number of rotatable bonds is 4. The predicted octanol–water partition coefficient (Wildman–Crippen LogP) is 3.40. The first-order valence-electron chi connectivity index (χ1n) is 9.01. The second-order valence-electron chi connectivity index (χ2n) is 6.67. The van der Waals surface area contributed by atoms with Crippen LogP contribution >= 0.6 is 11.6 Å². The van der Waals surface area contributed by atoms with E-state index >= 15 is 0 Å². The average Bonchev–Trinajstić information content (AvgIpc) is 2.69. The molecule has 0 saturated carbocycles. The van der Waals surface area contributed by atoms with Crippen molar-refractivity contribution < 1.29 is 14.3 Å². The van der Waals surface area contributed by atoms with Gasteiger partial charge in [-0.25, -0.2) is 0 Å². The third kappa shape index (κ3) is 4.61. The van der Waals surface area contributed by atoms with Crippen molar-refractivity contribution in [1.82, 2.24) is 9.80 Å². The maximum Gasteiger partial charge on any atom is 0.263 e. The van der Waals surface area contributed by atoms with Gasteiger partial charge in [0.15, 0.2) is 6.10 Å². The zero-order valence-electron chi connectivity index (χ0n) is 15.5. The summed E-state index contributed by atoms with van der Waals surface area (Å²) in [7, 11) is 0. The van der Waals surface area contributed by atoms with Crippen LogP contribution in [0.25, 0.3) is 0 Å². The summed E-state index contributed by atoms with van der Waals surface area (Å²) in [6.07, 6.45) is -0.635. The van der Waals surface area contributed by atoms with Crippen molar-refractivity contribution in [3.05, 3.63) is 64.7 Å². The first-order valence-corrected chi connectivity index (χ1v) is 9.39. The van der Waals surface area contributed by atoms with Gasteiger partial charge >= 0.3 is 0 Å². The Balaban J connectivity index is 1.55. The lowest BCUT2D eigenvalue weighted by molar-refractivity contribution is -0.139. The van der Waals surface area contributed by atoms with Gasteiger partial charge in [-0.2, -0.15) is 0 Å². The summed E-state index contributed by atoms with van der Waals surface area (Å²) < 4.78 is 5.71. The van der Waals surface area contributed by atoms with Gasteiger partial charge in [0.2, 0.25) is 0 Å². The Kier molecular flexibility index (Phi) is 6.01. The van der Waals surface area contributed by atoms with Crippen LogP contribution in [0.3, 0.4) is 0 Å². The smallest absolute Gasteiger partial charge is 0.263 e. The zero-order valence-corrected chi connectivity index (χ0v) is 16.3. The van der Waals surface area contributed by atoms with Crippen LogP contribution in [-0.4, -0.2) is 53.9 Å². The topological polar surface area (TPSA) is 49.9 Å². The second kappa shape index (κ2) is 8.44. The largest absolute Gasteiger partial charge is 0.479 e. The lowest BCUT2D eigenvalue weighted by atomic mass is 10.1. The molecule has 0 radical (unpaired) electrons. The molecule has 0 aromatic heterocycles. The first kappa shape index (κ1) is 19.2. The number of benzene rings is 2. The Labute approximate surface area is 164 Å². The number of halogens is 1. The summed E-state index contributed by atoms with van der Waals surface area (Å²) in [4.78, 5) is 28.8. The standard InChI is InChI=1S/C21H23ClN2O3/c1-15-7-9-17(10-8-15)21(26)24-13-11-23(12-14-24)20(25)16(2)27-19-6-4-3-5-18(19)22/h3-10,16H,11-14H2,1-2H3. The number of hydrogen-bond donors (Lipinski definition) is 0. The maximum atomic E-state index is 12.7. The molecule has 1 heterocycles. The van der Waals surface area contributed by atoms with Gasteiger partial charge in [-0.1, -0.05) is 41.4 Å². The van der Waals surface area contributed by atoms with E-state index in [4.69, 9.17) is 16.3 Å². The van der Waals surface area contributed by atoms with E-state index in [2.05, 4.69) is 0 Å². The third-order valence-corrected chi connectivity index (χ3v) is 4.98. The van der Waals surface area contributed by atoms with Gasteiger partial charge < -0.3 is 14.5 Å². The molecule has 2 aromatic carbocycles. The minimum atomic E-state index is -0.635. The van der Waals surface area contributed by atoms with E-state index in [-0.39, 0.29) is 11.8 Å². The summed E-state index contributed by atoms with van der Waals surface area (Å²) in [5.41, 5.74) is 1.80. The van der Waals surface area contributed by atoms with Crippen molar-refractivity contribution >= 4 is 23.4 Å². The molecule has 6 heteroatoms. The fraction of sp³-hybridized carbons (Fsp3) is 0.333. The first-order chi connectivity index (χ1) is 13.0. The van der Waals surface area contributed by atoms with E-state index in [1.807, 2.05) is 43.3 Å². The van der Waals surface area contributed by atoms with Crippen LogP contribution in [0.5, 0.6) is 5.75 Å². The van der Waals surface area contributed by atoms with Gasteiger partial charge in [0.25, 0.3) is 11.8 Å². The van der Waals surface area contributed by atoms with Gasteiger partial charge in [-0.05, 0) is 38.1 Å². The van der Waals surface area contributed by atoms with Gasteiger partial charge in [-0.15, -0.1) is 0 Å². The molecule has 0 N–H and O–H groups in total. The van der Waals surface area contributed by atoms with E-state index in [0.29, 0.717) is 42.5 Å². The molecule has 2 amide bonds. The summed E-state index contributed by atoms with van der Waals surface area (Å²) in [6.45, 7) is 5.72. The van der Waals surface area contributed by atoms with Crippen LogP contribution in [0, 0.1) is 6.92 Å². The van der Waals surface area contributed by atoms with Gasteiger partial charge in [-0.3, -0.25) is 9.59 Å². The molecule has 0 spiro atoms. The predicted molar refractivity (Wildman–Crippen MR) is 105 cm³/mol. The lowest BCUT2D eigenvalue weighted by Gasteiger charge is -2.36. The van der Waals surface area contributed by atoms with Crippen molar-refractivity contribution in [3.63, 3.8) is 0 Å². The second-order valence-corrected chi connectivity index (χ2v) is 7.08. The van der Waals surface area contributed by atoms with Crippen LogP contribution < -0.4 is 4.74 Å². The molecule has 142 valence electrons. The van der Waals surface area contributed by atoms with Crippen molar-refractivity contribution in [2.75, 3.05) is 26.2 Å². The zero-order chi connectivity index (χ0) is 19.4. The normalized spacial score (nSPS) is 15.4. The highest BCUT2D eigenvalue weighted by Crippen LogP contribution is 2.24. The van der Waals surface area contributed by atoms with Crippen molar-refractivity contribution in [1.29, 1.82) is 0 Å². The van der Waals surface area contributed by atoms with Crippen LogP contribution in [0.15, 0.2) is 48.5 Å². The van der Waals surface area contributed by atoms with E-state index < -0.39 is 6.10 Å². The molecular weight excluding hydrogens is 364 g/mol. The van der Waals surface area contributed by atoms with Crippen LogP contribution in [0.1, 0.15) is 22.8 Å². The molecule has 1 fully saturated rings. The van der Waals surface area contributed by atoms with E-state index in [1.165, 1.54) is 0 Å². The molecule has 0 bridgehead atoms. The molecule has 0 aliphatic carbocycles. The Morgan fingerprint density at radius 2 is 1.56 bits per heavy atom. The molecule has 1 aliphatic heterocycles. The SMILES string of the molecule is Cc1ccc(C(=O)N2CCN(C(=O)C(C)Oc3ccccc3Cl)CC2)cc1. The molecule has 27 heavy (non-hydrogen) atoms. The third-order valence-electron chi connectivity index (χ3n) is 4.67. The number of carbonyl (C=O) groups is 2. The molecule has 1 atom stereocenters. The minimum Gasteiger partial charge on any atom is -0.479 e. The lowest BCUT2D eigenvalue weighted by Crippen LogP contribution is -2.53. The Morgan fingerprint density at radius 3 is 2.19 bits per heavy atom. The summed E-state index contributed by atoms with van der Waals surface area (Å²) >= 11 is 6.09. The molecule has 1 saturated heterocycles. The number of carbonyl (C=O) groups excluding carboxylic acids is 2. The van der Waals surface area contributed by atoms with Crippen LogP contribution in [0.2, 0.25) is 5.02 Å². The number of piperazine rings is 1. The van der Waals surface area contributed by atoms with Crippen LogP contribution in [-0.2, 0) is 4.79 Å². The Morgan fingerprint density at radius 1 is 0.963 bits per heavy atom. The van der Waals surface area contributed by atoms with E-state index in [0.717, 1.165) is 5.56 Å². The number of amides is 2. The Hall–Kier alpha value is -2.53. The molecule has 2 aromatic rings. The van der Waals surface area contributed by atoms with Crippen molar-refractivity contribution in [2.24, 2.45) is 0 Å². The summed E-state index contributed by atoms with van der Waals surface area (Å²) in [6, 6.07) is 14.6. The highest BCUT2D eigenvalue weighted by Gasteiger charge is 2.28. The summed E-state index contributed by atoms with van der Waals surface area (Å²) in [5.74, 6) is 0.396. The molecule has 5 nitrogen and oxygen atoms in total. The number of para-hydroxylation sites is 1. The molecule has 3 rings (SSSR count). The van der Waals surface area contributed by atoms with Gasteiger partial charge in [0.1, 0.15) is 5.75 Å². The quantitative estimate of drug-likeness (QED) is 0.809. The monoisotopic (exact) mass is 386 g/mol. The molecular formula is C21H23ClN2O3. The average molecular weight is 387 g/mol. The molecule has 1 aliphatic rings. The maximum absolute atomic E-state index is 12.7. The van der Waals surface area contributed by atoms with Gasteiger partial charge in [0.05, 0.1) is 5.02 Å². The van der Waals surface area contributed by atoms with Gasteiger partial charge in [0, 0.05) is 31.7 Å². The fourth-order valence-corrected chi connectivity index (χ4v) is 3.23. The highest BCUT2D eigenvalue weighted by atomic mass is 35.5. The number of ether oxygens (including phenoxy) is 1. The van der Waals surface area contributed by atoms with Crippen molar-refractivity contribution in [2.45, 2.75) is 20.0 Å². The number of nitrogens with zero attached hydrogens (tertiary/aromatic N) is 2. The highest BCUT2D eigenvalue weighted by molar-refractivity contribution is 6.32.